The lowest BCUT2D eigenvalue weighted by molar-refractivity contribution is 0.201. The Morgan fingerprint density at radius 1 is 1.42 bits per heavy atom. The van der Waals surface area contributed by atoms with Crippen molar-refractivity contribution in [3.63, 3.8) is 0 Å². The Labute approximate surface area is 70.4 Å². The van der Waals surface area contributed by atoms with Crippen molar-refractivity contribution in [2.45, 2.75) is 0 Å². The van der Waals surface area contributed by atoms with Crippen molar-refractivity contribution >= 4 is 17.4 Å². The third-order valence-corrected chi connectivity index (χ3v) is 1.75. The zero-order valence-electron chi connectivity index (χ0n) is 5.82. The summed E-state index contributed by atoms with van der Waals surface area (Å²) in [5.41, 5.74) is 0. The van der Waals surface area contributed by atoms with Gasteiger partial charge in [-0.3, -0.25) is 4.55 Å². The minimum absolute atomic E-state index is 0.278. The molecular weight excluding hydrogens is 184 g/mol. The van der Waals surface area contributed by atoms with Crippen LogP contribution in [0.2, 0.25) is 0 Å². The van der Waals surface area contributed by atoms with Crippen LogP contribution in [0.5, 0.6) is 0 Å². The summed E-state index contributed by atoms with van der Waals surface area (Å²) in [6.45, 7) is 0. The maximum Gasteiger partial charge on any atom is 0.441 e. The number of hydrogen-bond acceptors (Lipinski definition) is 2. The van der Waals surface area contributed by atoms with Gasteiger partial charge in [-0.1, -0.05) is 0 Å². The van der Waals surface area contributed by atoms with E-state index in [-0.39, 0.29) is 4.41 Å². The largest absolute Gasteiger partial charge is 0.463 e. The van der Waals surface area contributed by atoms with Gasteiger partial charge in [-0.25, -0.2) is 13.7 Å². The summed E-state index contributed by atoms with van der Waals surface area (Å²) in [6.07, 6.45) is 1.21. The van der Waals surface area contributed by atoms with Gasteiger partial charge in [0.05, 0.1) is 0 Å². The molecule has 66 valence electrons. The number of carbonyl (C=O) groups is 1. The molecule has 0 aliphatic rings. The van der Waals surface area contributed by atoms with Crippen molar-refractivity contribution in [2.24, 2.45) is 0 Å². The zero-order chi connectivity index (χ0) is 9.14. The molecule has 0 fully saturated rings. The summed E-state index contributed by atoms with van der Waals surface area (Å²) < 4.78 is 20.3. The number of nitrogens with zero attached hydrogens (tertiary/aromatic N) is 2. The van der Waals surface area contributed by atoms with Crippen LogP contribution in [-0.4, -0.2) is 24.6 Å². The second kappa shape index (κ2) is 3.37. The standard InChI is InChI=1S/C5H6N2O4S/c8-5(9)7(12(10)11)6-3-1-2-4-6/h1-4H,(H,8,9)(H,10,11). The van der Waals surface area contributed by atoms with E-state index in [4.69, 9.17) is 9.66 Å². The highest BCUT2D eigenvalue weighted by atomic mass is 32.2. The van der Waals surface area contributed by atoms with Crippen molar-refractivity contribution in [3.8, 4) is 0 Å². The molecule has 0 saturated carbocycles. The van der Waals surface area contributed by atoms with Crippen LogP contribution >= 0.6 is 0 Å². The average molecular weight is 190 g/mol. The number of amides is 1. The van der Waals surface area contributed by atoms with E-state index in [1.165, 1.54) is 12.4 Å². The van der Waals surface area contributed by atoms with E-state index in [1.54, 1.807) is 12.1 Å². The minimum atomic E-state index is -2.57. The fourth-order valence-electron chi connectivity index (χ4n) is 0.693. The Morgan fingerprint density at radius 2 is 1.92 bits per heavy atom. The number of carboxylic acid groups (broad SMARTS) is 1. The van der Waals surface area contributed by atoms with Crippen LogP contribution in [0, 0.1) is 0 Å². The Balaban J connectivity index is 2.96. The van der Waals surface area contributed by atoms with E-state index in [2.05, 4.69) is 0 Å². The Morgan fingerprint density at radius 3 is 2.25 bits per heavy atom. The third-order valence-electron chi connectivity index (χ3n) is 1.11. The number of rotatable bonds is 2. The van der Waals surface area contributed by atoms with Gasteiger partial charge in [0.1, 0.15) is 0 Å². The minimum Gasteiger partial charge on any atom is -0.463 e. The van der Waals surface area contributed by atoms with Gasteiger partial charge in [0.2, 0.25) is 0 Å². The smallest absolute Gasteiger partial charge is 0.441 e. The maximum absolute atomic E-state index is 10.5. The molecule has 0 aromatic carbocycles. The summed E-state index contributed by atoms with van der Waals surface area (Å²) >= 11 is -2.57. The fourth-order valence-corrected chi connectivity index (χ4v) is 1.10. The summed E-state index contributed by atoms with van der Waals surface area (Å²) in [6, 6.07) is 3.09. The molecule has 2 N–H and O–H groups in total. The third kappa shape index (κ3) is 1.63. The van der Waals surface area contributed by atoms with Crippen LogP contribution in [-0.2, 0) is 11.3 Å². The first-order chi connectivity index (χ1) is 5.63. The quantitative estimate of drug-likeness (QED) is 0.654. The van der Waals surface area contributed by atoms with Crippen LogP contribution in [0.3, 0.4) is 0 Å². The molecule has 7 heteroatoms. The highest BCUT2D eigenvalue weighted by Crippen LogP contribution is 1.96. The van der Waals surface area contributed by atoms with Crippen molar-refractivity contribution in [3.05, 3.63) is 24.5 Å². The molecule has 1 amide bonds. The monoisotopic (exact) mass is 190 g/mol. The second-order valence-electron chi connectivity index (χ2n) is 1.85. The van der Waals surface area contributed by atoms with Crippen LogP contribution in [0.4, 0.5) is 4.79 Å². The molecule has 0 aliphatic carbocycles. The van der Waals surface area contributed by atoms with Gasteiger partial charge in [-0.2, -0.15) is 0 Å². The van der Waals surface area contributed by atoms with Crippen LogP contribution in [0.25, 0.3) is 0 Å². The molecule has 0 aliphatic heterocycles. The molecule has 6 nitrogen and oxygen atoms in total. The lowest BCUT2D eigenvalue weighted by atomic mass is 10.7. The van der Waals surface area contributed by atoms with E-state index in [1.807, 2.05) is 0 Å². The molecule has 0 bridgehead atoms. The average Bonchev–Trinajstić information content (AvgIpc) is 2.37. The van der Waals surface area contributed by atoms with Crippen molar-refractivity contribution in [1.29, 1.82) is 0 Å². The second-order valence-corrected chi connectivity index (χ2v) is 2.66. The maximum atomic E-state index is 10.5. The van der Waals surface area contributed by atoms with Crippen LogP contribution < -0.4 is 4.41 Å². The van der Waals surface area contributed by atoms with Gasteiger partial charge in [-0.05, 0) is 12.1 Å². The van der Waals surface area contributed by atoms with E-state index < -0.39 is 17.4 Å². The van der Waals surface area contributed by atoms with Gasteiger partial charge >= 0.3 is 6.09 Å². The lowest BCUT2D eigenvalue weighted by Gasteiger charge is -2.13. The summed E-state index contributed by atoms with van der Waals surface area (Å²) in [7, 11) is 0. The molecule has 0 saturated heterocycles. The van der Waals surface area contributed by atoms with E-state index in [9.17, 15) is 9.00 Å². The Hall–Kier alpha value is -1.34. The molecule has 1 atom stereocenters. The molecule has 0 radical (unpaired) electrons. The van der Waals surface area contributed by atoms with E-state index in [0.717, 1.165) is 4.68 Å². The molecular formula is C5H6N2O4S. The topological polar surface area (TPSA) is 82.8 Å². The lowest BCUT2D eigenvalue weighted by Crippen LogP contribution is -2.39. The summed E-state index contributed by atoms with van der Waals surface area (Å²) in [5.74, 6) is 0. The van der Waals surface area contributed by atoms with E-state index in [0.29, 0.717) is 0 Å². The molecule has 1 aromatic rings. The molecule has 1 unspecified atom stereocenters. The normalized spacial score (nSPS) is 12.4. The van der Waals surface area contributed by atoms with Gasteiger partial charge < -0.3 is 5.11 Å². The summed E-state index contributed by atoms with van der Waals surface area (Å²) in [4.78, 5) is 10.4. The Bertz CT molecular complexity index is 282. The van der Waals surface area contributed by atoms with Crippen molar-refractivity contribution in [1.82, 2.24) is 4.68 Å². The first kappa shape index (κ1) is 8.75. The molecule has 12 heavy (non-hydrogen) atoms. The first-order valence-corrected chi connectivity index (χ1v) is 3.96. The highest BCUT2D eigenvalue weighted by molar-refractivity contribution is 7.81. The van der Waals surface area contributed by atoms with Gasteiger partial charge in [0.15, 0.2) is 0 Å². The highest BCUT2D eigenvalue weighted by Gasteiger charge is 2.18. The summed E-state index contributed by atoms with van der Waals surface area (Å²) in [5, 5.41) is 8.47. The predicted molar refractivity (Wildman–Crippen MR) is 41.4 cm³/mol. The number of hydrogen-bond donors (Lipinski definition) is 2. The van der Waals surface area contributed by atoms with Crippen LogP contribution in [0.1, 0.15) is 0 Å². The van der Waals surface area contributed by atoms with Gasteiger partial charge in [0.25, 0.3) is 11.3 Å². The molecule has 1 heterocycles. The SMILES string of the molecule is O=C(O)N(n1cccc1)S(=O)O. The predicted octanol–water partition coefficient (Wildman–Crippen LogP) is 0.241. The number of aromatic nitrogens is 1. The Kier molecular flexibility index (Phi) is 2.46. The van der Waals surface area contributed by atoms with Gasteiger partial charge in [-0.15, -0.1) is 4.41 Å². The van der Waals surface area contributed by atoms with Gasteiger partial charge in [0, 0.05) is 12.4 Å². The first-order valence-electron chi connectivity index (χ1n) is 2.90. The zero-order valence-corrected chi connectivity index (χ0v) is 6.64. The van der Waals surface area contributed by atoms with Crippen molar-refractivity contribution < 1.29 is 18.7 Å². The molecule has 1 aromatic heterocycles. The van der Waals surface area contributed by atoms with Crippen molar-refractivity contribution in [2.75, 3.05) is 4.41 Å². The molecule has 1 rings (SSSR count). The fraction of sp³-hybridized carbons (Fsp3) is 0. The van der Waals surface area contributed by atoms with Crippen LogP contribution in [0.15, 0.2) is 24.5 Å². The van der Waals surface area contributed by atoms with E-state index >= 15 is 0 Å². The molecule has 0 spiro atoms.